The van der Waals surface area contributed by atoms with Gasteiger partial charge in [-0.15, -0.1) is 0 Å². The minimum absolute atomic E-state index is 0.0584. The molecule has 6 nitrogen and oxygen atoms in total. The van der Waals surface area contributed by atoms with Crippen LogP contribution in [0, 0.1) is 0 Å². The number of aliphatic carboxylic acids is 1. The number of carboxylic acids is 1. The highest BCUT2D eigenvalue weighted by molar-refractivity contribution is 5.94. The maximum absolute atomic E-state index is 12.3. The van der Waals surface area contributed by atoms with Crippen molar-refractivity contribution in [2.75, 3.05) is 26.3 Å². The summed E-state index contributed by atoms with van der Waals surface area (Å²) in [6.45, 7) is 4.63. The average molecular weight is 291 g/mol. The fraction of sp³-hybridized carbons (Fsp3) is 0.333. The van der Waals surface area contributed by atoms with Gasteiger partial charge in [-0.3, -0.25) is 4.79 Å². The van der Waals surface area contributed by atoms with E-state index in [-0.39, 0.29) is 19.1 Å². The summed E-state index contributed by atoms with van der Waals surface area (Å²) in [5.74, 6) is -0.614. The van der Waals surface area contributed by atoms with Crippen molar-refractivity contribution >= 4 is 11.9 Å². The molecule has 6 heteroatoms. The van der Waals surface area contributed by atoms with Crippen LogP contribution in [0.3, 0.4) is 0 Å². The van der Waals surface area contributed by atoms with Gasteiger partial charge in [0.15, 0.2) is 6.10 Å². The highest BCUT2D eigenvalue weighted by atomic mass is 16.5. The third kappa shape index (κ3) is 3.82. The Morgan fingerprint density at radius 2 is 2.14 bits per heavy atom. The molecule has 1 aliphatic heterocycles. The number of rotatable bonds is 5. The SMILES string of the molecule is C=CCOc1ccc(C(=O)N2CCOC(C(=O)O)C2)cc1. The molecule has 112 valence electrons. The van der Waals surface area contributed by atoms with E-state index in [0.29, 0.717) is 24.5 Å². The van der Waals surface area contributed by atoms with E-state index in [9.17, 15) is 9.59 Å². The van der Waals surface area contributed by atoms with E-state index >= 15 is 0 Å². The van der Waals surface area contributed by atoms with Gasteiger partial charge in [0, 0.05) is 12.1 Å². The van der Waals surface area contributed by atoms with Gasteiger partial charge in [0.25, 0.3) is 5.91 Å². The number of carbonyl (C=O) groups is 2. The predicted octanol–water partition coefficient (Wildman–Crippen LogP) is 1.18. The lowest BCUT2D eigenvalue weighted by Crippen LogP contribution is -2.48. The third-order valence-corrected chi connectivity index (χ3v) is 3.10. The van der Waals surface area contributed by atoms with Crippen LogP contribution in [0.5, 0.6) is 5.75 Å². The molecule has 1 aromatic carbocycles. The fourth-order valence-corrected chi connectivity index (χ4v) is 2.01. The summed E-state index contributed by atoms with van der Waals surface area (Å²) in [5, 5.41) is 8.94. The zero-order chi connectivity index (χ0) is 15.2. The second-order valence-electron chi connectivity index (χ2n) is 4.57. The van der Waals surface area contributed by atoms with Crippen molar-refractivity contribution in [3.05, 3.63) is 42.5 Å². The van der Waals surface area contributed by atoms with E-state index < -0.39 is 12.1 Å². The molecule has 1 N–H and O–H groups in total. The Hall–Kier alpha value is -2.34. The molecule has 1 unspecified atom stereocenters. The maximum Gasteiger partial charge on any atom is 0.334 e. The summed E-state index contributed by atoms with van der Waals surface area (Å²) in [4.78, 5) is 24.7. The molecular weight excluding hydrogens is 274 g/mol. The lowest BCUT2D eigenvalue weighted by atomic mass is 10.1. The Morgan fingerprint density at radius 1 is 1.43 bits per heavy atom. The number of nitrogens with zero attached hydrogens (tertiary/aromatic N) is 1. The molecule has 1 saturated heterocycles. The first-order valence-corrected chi connectivity index (χ1v) is 6.59. The number of morpholine rings is 1. The van der Waals surface area contributed by atoms with Crippen LogP contribution in [0.2, 0.25) is 0 Å². The molecular formula is C15H17NO5. The first kappa shape index (κ1) is 15.1. The molecule has 0 bridgehead atoms. The number of ether oxygens (including phenoxy) is 2. The molecule has 1 aromatic rings. The van der Waals surface area contributed by atoms with Crippen molar-refractivity contribution in [3.8, 4) is 5.75 Å². The fourth-order valence-electron chi connectivity index (χ4n) is 2.01. The topological polar surface area (TPSA) is 76.1 Å². The molecule has 0 spiro atoms. The third-order valence-electron chi connectivity index (χ3n) is 3.10. The van der Waals surface area contributed by atoms with Crippen LogP contribution < -0.4 is 4.74 Å². The molecule has 21 heavy (non-hydrogen) atoms. The van der Waals surface area contributed by atoms with Gasteiger partial charge < -0.3 is 19.5 Å². The van der Waals surface area contributed by atoms with Gasteiger partial charge in [0.1, 0.15) is 12.4 Å². The summed E-state index contributed by atoms with van der Waals surface area (Å²) in [6, 6.07) is 6.72. The van der Waals surface area contributed by atoms with Gasteiger partial charge in [0.2, 0.25) is 0 Å². The molecule has 1 aliphatic rings. The van der Waals surface area contributed by atoms with Gasteiger partial charge >= 0.3 is 5.97 Å². The molecule has 1 amide bonds. The van der Waals surface area contributed by atoms with E-state index in [1.165, 1.54) is 4.90 Å². The lowest BCUT2D eigenvalue weighted by Gasteiger charge is -2.30. The van der Waals surface area contributed by atoms with E-state index in [1.807, 2.05) is 0 Å². The zero-order valence-electron chi connectivity index (χ0n) is 11.5. The summed E-state index contributed by atoms with van der Waals surface area (Å²) >= 11 is 0. The van der Waals surface area contributed by atoms with E-state index in [4.69, 9.17) is 14.6 Å². The highest BCUT2D eigenvalue weighted by Crippen LogP contribution is 2.15. The van der Waals surface area contributed by atoms with E-state index in [0.717, 1.165) is 0 Å². The van der Waals surface area contributed by atoms with Gasteiger partial charge in [-0.25, -0.2) is 4.79 Å². The van der Waals surface area contributed by atoms with E-state index in [2.05, 4.69) is 6.58 Å². The van der Waals surface area contributed by atoms with Crippen LogP contribution in [-0.2, 0) is 9.53 Å². The second kappa shape index (κ2) is 6.90. The summed E-state index contributed by atoms with van der Waals surface area (Å²) in [6.07, 6.45) is 0.677. The number of carbonyl (C=O) groups excluding carboxylic acids is 1. The summed E-state index contributed by atoms with van der Waals surface area (Å²) in [7, 11) is 0. The van der Waals surface area contributed by atoms with Gasteiger partial charge in [0.05, 0.1) is 13.2 Å². The number of amides is 1. The molecule has 0 aromatic heterocycles. The largest absolute Gasteiger partial charge is 0.490 e. The van der Waals surface area contributed by atoms with Crippen molar-refractivity contribution < 1.29 is 24.2 Å². The first-order valence-electron chi connectivity index (χ1n) is 6.59. The molecule has 2 rings (SSSR count). The summed E-state index contributed by atoms with van der Waals surface area (Å²) in [5.41, 5.74) is 0.493. The van der Waals surface area contributed by atoms with Crippen molar-refractivity contribution in [2.24, 2.45) is 0 Å². The molecule has 0 radical (unpaired) electrons. The smallest absolute Gasteiger partial charge is 0.334 e. The van der Waals surface area contributed by atoms with Crippen LogP contribution in [0.25, 0.3) is 0 Å². The Labute approximate surface area is 122 Å². The Balaban J connectivity index is 2.02. The summed E-state index contributed by atoms with van der Waals surface area (Å²) < 4.78 is 10.4. The van der Waals surface area contributed by atoms with Crippen LogP contribution >= 0.6 is 0 Å². The lowest BCUT2D eigenvalue weighted by molar-refractivity contribution is -0.154. The number of hydrogen-bond donors (Lipinski definition) is 1. The molecule has 0 aliphatic carbocycles. The van der Waals surface area contributed by atoms with E-state index in [1.54, 1.807) is 30.3 Å². The zero-order valence-corrected chi connectivity index (χ0v) is 11.5. The van der Waals surface area contributed by atoms with Crippen molar-refractivity contribution in [1.29, 1.82) is 0 Å². The predicted molar refractivity (Wildman–Crippen MR) is 75.4 cm³/mol. The van der Waals surface area contributed by atoms with Crippen LogP contribution in [0.1, 0.15) is 10.4 Å². The number of benzene rings is 1. The molecule has 1 atom stereocenters. The minimum Gasteiger partial charge on any atom is -0.490 e. The second-order valence-corrected chi connectivity index (χ2v) is 4.57. The molecule has 1 heterocycles. The first-order chi connectivity index (χ1) is 10.1. The maximum atomic E-state index is 12.3. The van der Waals surface area contributed by atoms with Crippen LogP contribution in [0.15, 0.2) is 36.9 Å². The van der Waals surface area contributed by atoms with Gasteiger partial charge in [-0.05, 0) is 24.3 Å². The molecule has 0 saturated carbocycles. The van der Waals surface area contributed by atoms with Crippen molar-refractivity contribution in [2.45, 2.75) is 6.10 Å². The van der Waals surface area contributed by atoms with Crippen molar-refractivity contribution in [3.63, 3.8) is 0 Å². The Kier molecular flexibility index (Phi) is 4.94. The van der Waals surface area contributed by atoms with Gasteiger partial charge in [-0.1, -0.05) is 12.7 Å². The van der Waals surface area contributed by atoms with Crippen LogP contribution in [-0.4, -0.2) is 54.3 Å². The monoisotopic (exact) mass is 291 g/mol. The molecule has 1 fully saturated rings. The quantitative estimate of drug-likeness (QED) is 0.824. The minimum atomic E-state index is -1.05. The van der Waals surface area contributed by atoms with Gasteiger partial charge in [-0.2, -0.15) is 0 Å². The van der Waals surface area contributed by atoms with Crippen LogP contribution in [0.4, 0.5) is 0 Å². The standard InChI is InChI=1S/C15H17NO5/c1-2-8-20-12-5-3-11(4-6-12)14(17)16-7-9-21-13(10-16)15(18)19/h2-6,13H,1,7-10H2,(H,18,19). The average Bonchev–Trinajstić information content (AvgIpc) is 2.53. The number of carboxylic acid groups (broad SMARTS) is 1. The highest BCUT2D eigenvalue weighted by Gasteiger charge is 2.29. The Morgan fingerprint density at radius 3 is 2.76 bits per heavy atom. The van der Waals surface area contributed by atoms with Crippen molar-refractivity contribution in [1.82, 2.24) is 4.90 Å². The Bertz CT molecular complexity index is 525. The number of hydrogen-bond acceptors (Lipinski definition) is 4. The normalized spacial score (nSPS) is 18.1.